The Kier molecular flexibility index (Phi) is 6.47. The Morgan fingerprint density at radius 2 is 1.93 bits per heavy atom. The molecule has 4 rings (SSSR count). The Hall–Kier alpha value is -1.67. The minimum absolute atomic E-state index is 0.0302. The number of nitrogens with zero attached hydrogens (tertiary/aromatic N) is 3. The molecule has 28 heavy (non-hydrogen) atoms. The molecule has 150 valence electrons. The van der Waals surface area contributed by atoms with E-state index in [4.69, 9.17) is 9.26 Å². The number of aryl methyl sites for hydroxylation is 1. The van der Waals surface area contributed by atoms with Crippen molar-refractivity contribution in [2.24, 2.45) is 0 Å². The fraction of sp³-hybridized carbons (Fsp3) is 0.550. The van der Waals surface area contributed by atoms with Crippen LogP contribution < -0.4 is 4.74 Å². The Balaban J connectivity index is 1.23. The molecule has 1 amide bonds. The minimum Gasteiger partial charge on any atom is -0.484 e. The van der Waals surface area contributed by atoms with Gasteiger partial charge in [0.1, 0.15) is 5.75 Å². The second-order valence-electron chi connectivity index (χ2n) is 7.12. The van der Waals surface area contributed by atoms with Crippen LogP contribution in [0.3, 0.4) is 0 Å². The van der Waals surface area contributed by atoms with Gasteiger partial charge in [-0.1, -0.05) is 17.3 Å². The van der Waals surface area contributed by atoms with Gasteiger partial charge in [-0.25, -0.2) is 0 Å². The van der Waals surface area contributed by atoms with E-state index in [1.54, 1.807) is 0 Å². The normalized spacial score (nSPS) is 19.0. The molecule has 0 saturated carbocycles. The number of amides is 1. The summed E-state index contributed by atoms with van der Waals surface area (Å²) < 4.78 is 11.5. The predicted molar refractivity (Wildman–Crippen MR) is 112 cm³/mol. The van der Waals surface area contributed by atoms with Crippen LogP contribution in [0.15, 0.2) is 28.8 Å². The summed E-state index contributed by atoms with van der Waals surface area (Å²) in [5, 5.41) is 3.86. The number of rotatable bonds is 5. The quantitative estimate of drug-likeness (QED) is 0.725. The lowest BCUT2D eigenvalue weighted by Crippen LogP contribution is -2.40. The van der Waals surface area contributed by atoms with Crippen molar-refractivity contribution in [3.8, 4) is 5.75 Å². The van der Waals surface area contributed by atoms with E-state index < -0.39 is 0 Å². The average molecular weight is 420 g/mol. The van der Waals surface area contributed by atoms with Gasteiger partial charge in [0, 0.05) is 19.0 Å². The van der Waals surface area contributed by atoms with Crippen molar-refractivity contribution in [3.05, 3.63) is 41.5 Å². The SMILES string of the molecule is Cc1noc(C2CCN(C(=O)COc3ccc(C4SCCCS4)cc3)CC2)n1. The van der Waals surface area contributed by atoms with Crippen LogP contribution in [0, 0.1) is 6.92 Å². The Labute approximate surface area is 173 Å². The number of ether oxygens (including phenoxy) is 1. The molecule has 2 aliphatic rings. The third kappa shape index (κ3) is 4.84. The van der Waals surface area contributed by atoms with E-state index in [0.717, 1.165) is 18.6 Å². The zero-order valence-corrected chi connectivity index (χ0v) is 17.6. The number of carbonyl (C=O) groups is 1. The first-order chi connectivity index (χ1) is 13.7. The molecule has 0 bridgehead atoms. The Bertz CT molecular complexity index is 782. The summed E-state index contributed by atoms with van der Waals surface area (Å²) in [6.45, 7) is 3.30. The van der Waals surface area contributed by atoms with Crippen LogP contribution in [0.5, 0.6) is 5.75 Å². The van der Waals surface area contributed by atoms with E-state index in [1.807, 2.05) is 47.5 Å². The third-order valence-electron chi connectivity index (χ3n) is 5.08. The molecular formula is C20H25N3O3S2. The van der Waals surface area contributed by atoms with E-state index in [1.165, 1.54) is 23.5 Å². The van der Waals surface area contributed by atoms with Crippen molar-refractivity contribution in [2.45, 2.75) is 36.7 Å². The van der Waals surface area contributed by atoms with Gasteiger partial charge in [-0.05, 0) is 55.4 Å². The summed E-state index contributed by atoms with van der Waals surface area (Å²) in [6.07, 6.45) is 2.98. The summed E-state index contributed by atoms with van der Waals surface area (Å²) in [7, 11) is 0. The van der Waals surface area contributed by atoms with E-state index in [0.29, 0.717) is 29.4 Å². The van der Waals surface area contributed by atoms with Crippen LogP contribution in [0.1, 0.15) is 47.0 Å². The van der Waals surface area contributed by atoms with Crippen LogP contribution in [-0.2, 0) is 4.79 Å². The second kappa shape index (κ2) is 9.22. The number of carbonyl (C=O) groups excluding carboxylic acids is 1. The van der Waals surface area contributed by atoms with Gasteiger partial charge in [-0.15, -0.1) is 23.5 Å². The monoisotopic (exact) mass is 419 g/mol. The number of thioether (sulfide) groups is 2. The molecule has 2 aromatic rings. The Morgan fingerprint density at radius 1 is 1.21 bits per heavy atom. The number of piperidine rings is 1. The molecule has 1 aromatic carbocycles. The lowest BCUT2D eigenvalue weighted by atomic mass is 9.97. The highest BCUT2D eigenvalue weighted by Crippen LogP contribution is 2.43. The molecule has 6 nitrogen and oxygen atoms in total. The summed E-state index contributed by atoms with van der Waals surface area (Å²) in [6, 6.07) is 8.19. The van der Waals surface area contributed by atoms with Crippen LogP contribution >= 0.6 is 23.5 Å². The fourth-order valence-corrected chi connectivity index (χ4v) is 6.39. The van der Waals surface area contributed by atoms with Gasteiger partial charge in [0.05, 0.1) is 4.58 Å². The molecule has 0 N–H and O–H groups in total. The van der Waals surface area contributed by atoms with Crippen LogP contribution in [0.25, 0.3) is 0 Å². The van der Waals surface area contributed by atoms with Crippen molar-refractivity contribution in [1.82, 2.24) is 15.0 Å². The summed E-state index contributed by atoms with van der Waals surface area (Å²) >= 11 is 4.01. The van der Waals surface area contributed by atoms with Crippen molar-refractivity contribution in [2.75, 3.05) is 31.2 Å². The smallest absolute Gasteiger partial charge is 0.260 e. The molecular weight excluding hydrogens is 394 g/mol. The molecule has 3 heterocycles. The molecule has 0 atom stereocenters. The van der Waals surface area contributed by atoms with E-state index >= 15 is 0 Å². The summed E-state index contributed by atoms with van der Waals surface area (Å²) in [5.41, 5.74) is 1.33. The van der Waals surface area contributed by atoms with Crippen molar-refractivity contribution in [3.63, 3.8) is 0 Å². The highest BCUT2D eigenvalue weighted by atomic mass is 32.2. The van der Waals surface area contributed by atoms with Gasteiger partial charge >= 0.3 is 0 Å². The van der Waals surface area contributed by atoms with Crippen molar-refractivity contribution < 1.29 is 14.1 Å². The van der Waals surface area contributed by atoms with E-state index in [2.05, 4.69) is 22.3 Å². The topological polar surface area (TPSA) is 68.5 Å². The number of aromatic nitrogens is 2. The Morgan fingerprint density at radius 3 is 2.57 bits per heavy atom. The minimum atomic E-state index is 0.0302. The molecule has 0 spiro atoms. The highest BCUT2D eigenvalue weighted by molar-refractivity contribution is 8.16. The van der Waals surface area contributed by atoms with Gasteiger partial charge in [0.2, 0.25) is 5.89 Å². The first-order valence-electron chi connectivity index (χ1n) is 9.73. The summed E-state index contributed by atoms with van der Waals surface area (Å²) in [4.78, 5) is 18.7. The molecule has 0 unspecified atom stereocenters. The largest absolute Gasteiger partial charge is 0.484 e. The van der Waals surface area contributed by atoms with E-state index in [-0.39, 0.29) is 18.4 Å². The molecule has 2 saturated heterocycles. The molecule has 2 aliphatic heterocycles. The van der Waals surface area contributed by atoms with Gasteiger partial charge < -0.3 is 14.2 Å². The standard InChI is InChI=1S/C20H25N3O3S2/c1-14-21-19(26-22-14)15-7-9-23(10-8-15)18(24)13-25-17-5-3-16(4-6-17)20-27-11-2-12-28-20/h3-6,15,20H,2,7-13H2,1H3. The number of hydrogen-bond donors (Lipinski definition) is 0. The van der Waals surface area contributed by atoms with Gasteiger partial charge in [0.15, 0.2) is 12.4 Å². The number of benzene rings is 1. The summed E-state index contributed by atoms with van der Waals surface area (Å²) in [5.74, 6) is 4.83. The maximum atomic E-state index is 12.5. The third-order valence-corrected chi connectivity index (χ3v) is 8.10. The molecule has 2 fully saturated rings. The molecule has 1 aromatic heterocycles. The number of likely N-dealkylation sites (tertiary alicyclic amines) is 1. The fourth-order valence-electron chi connectivity index (χ4n) is 3.49. The molecule has 0 radical (unpaired) electrons. The zero-order chi connectivity index (χ0) is 19.3. The van der Waals surface area contributed by atoms with Crippen molar-refractivity contribution >= 4 is 29.4 Å². The lowest BCUT2D eigenvalue weighted by Gasteiger charge is -2.30. The molecule has 0 aliphatic carbocycles. The number of hydrogen-bond acceptors (Lipinski definition) is 7. The van der Waals surface area contributed by atoms with Gasteiger partial charge in [0.25, 0.3) is 5.91 Å². The van der Waals surface area contributed by atoms with Gasteiger partial charge in [-0.3, -0.25) is 4.79 Å². The van der Waals surface area contributed by atoms with Crippen LogP contribution in [0.2, 0.25) is 0 Å². The first kappa shape index (κ1) is 19.6. The predicted octanol–water partition coefficient (Wildman–Crippen LogP) is 4.03. The first-order valence-corrected chi connectivity index (χ1v) is 11.8. The maximum absolute atomic E-state index is 12.5. The lowest BCUT2D eigenvalue weighted by molar-refractivity contribution is -0.134. The van der Waals surface area contributed by atoms with Gasteiger partial charge in [-0.2, -0.15) is 4.98 Å². The molecule has 8 heteroatoms. The van der Waals surface area contributed by atoms with Crippen molar-refractivity contribution in [1.29, 1.82) is 0 Å². The van der Waals surface area contributed by atoms with Crippen LogP contribution in [-0.4, -0.2) is 52.1 Å². The average Bonchev–Trinajstić information content (AvgIpc) is 3.19. The second-order valence-corrected chi connectivity index (χ2v) is 9.84. The van der Waals surface area contributed by atoms with Crippen LogP contribution in [0.4, 0.5) is 0 Å². The highest BCUT2D eigenvalue weighted by Gasteiger charge is 2.27. The zero-order valence-electron chi connectivity index (χ0n) is 16.0. The van der Waals surface area contributed by atoms with E-state index in [9.17, 15) is 4.79 Å². The maximum Gasteiger partial charge on any atom is 0.260 e.